The van der Waals surface area contributed by atoms with Gasteiger partial charge in [-0.05, 0) is 31.6 Å². The fourth-order valence-corrected chi connectivity index (χ4v) is 5.18. The molecule has 1 heterocycles. The van der Waals surface area contributed by atoms with E-state index in [1.54, 1.807) is 16.7 Å². The molecule has 6 heteroatoms. The molecule has 0 aromatic heterocycles. The van der Waals surface area contributed by atoms with E-state index in [9.17, 15) is 14.7 Å². The standard InChI is InChI=1S/C14H22N2O3S/c15-8-14(5-1-2-6-14)13(19)16-10(12(17)18)7-20-11(16)9-3-4-9/h9-11H,1-8,15H2,(H,17,18). The molecule has 0 spiro atoms. The first kappa shape index (κ1) is 14.2. The zero-order valence-electron chi connectivity index (χ0n) is 11.6. The quantitative estimate of drug-likeness (QED) is 0.816. The molecule has 0 radical (unpaired) electrons. The second-order valence-corrected chi connectivity index (χ2v) is 7.47. The summed E-state index contributed by atoms with van der Waals surface area (Å²) in [6.07, 6.45) is 5.90. The molecule has 2 aliphatic carbocycles. The Morgan fingerprint density at radius 3 is 2.45 bits per heavy atom. The lowest BCUT2D eigenvalue weighted by atomic mass is 9.84. The lowest BCUT2D eigenvalue weighted by Gasteiger charge is -2.36. The molecule has 112 valence electrons. The molecule has 2 unspecified atom stereocenters. The Morgan fingerprint density at radius 2 is 1.95 bits per heavy atom. The first-order valence-corrected chi connectivity index (χ1v) is 8.51. The second kappa shape index (κ2) is 5.22. The highest BCUT2D eigenvalue weighted by Gasteiger charge is 2.53. The Labute approximate surface area is 123 Å². The lowest BCUT2D eigenvalue weighted by Crippen LogP contribution is -2.54. The van der Waals surface area contributed by atoms with Crippen molar-refractivity contribution in [1.29, 1.82) is 0 Å². The van der Waals surface area contributed by atoms with Gasteiger partial charge in [0.1, 0.15) is 6.04 Å². The minimum absolute atomic E-state index is 0.00630. The third kappa shape index (κ3) is 2.22. The van der Waals surface area contributed by atoms with Gasteiger partial charge in [0.15, 0.2) is 0 Å². The predicted molar refractivity (Wildman–Crippen MR) is 77.2 cm³/mol. The fourth-order valence-electron chi connectivity index (χ4n) is 3.55. The van der Waals surface area contributed by atoms with Crippen LogP contribution in [0.25, 0.3) is 0 Å². The van der Waals surface area contributed by atoms with Gasteiger partial charge in [0, 0.05) is 12.3 Å². The summed E-state index contributed by atoms with van der Waals surface area (Å²) in [5, 5.41) is 9.48. The van der Waals surface area contributed by atoms with E-state index in [0.717, 1.165) is 38.5 Å². The van der Waals surface area contributed by atoms with Crippen LogP contribution in [0, 0.1) is 11.3 Å². The monoisotopic (exact) mass is 298 g/mol. The molecule has 3 rings (SSSR count). The predicted octanol–water partition coefficient (Wildman–Crippen LogP) is 1.27. The second-order valence-electron chi connectivity index (χ2n) is 6.32. The third-order valence-corrected chi connectivity index (χ3v) is 6.45. The van der Waals surface area contributed by atoms with Crippen LogP contribution in [0.15, 0.2) is 0 Å². The van der Waals surface area contributed by atoms with Gasteiger partial charge in [0.2, 0.25) is 5.91 Å². The maximum absolute atomic E-state index is 13.0. The van der Waals surface area contributed by atoms with Crippen molar-refractivity contribution in [2.75, 3.05) is 12.3 Å². The van der Waals surface area contributed by atoms with Crippen LogP contribution in [-0.2, 0) is 9.59 Å². The van der Waals surface area contributed by atoms with Gasteiger partial charge in [-0.3, -0.25) is 4.79 Å². The van der Waals surface area contributed by atoms with Crippen LogP contribution in [0.2, 0.25) is 0 Å². The van der Waals surface area contributed by atoms with Crippen LogP contribution in [-0.4, -0.2) is 45.6 Å². The smallest absolute Gasteiger partial charge is 0.327 e. The van der Waals surface area contributed by atoms with E-state index in [1.807, 2.05) is 0 Å². The molecule has 3 aliphatic rings. The largest absolute Gasteiger partial charge is 0.480 e. The Hall–Kier alpha value is -0.750. The van der Waals surface area contributed by atoms with Crippen LogP contribution in [0.5, 0.6) is 0 Å². The maximum atomic E-state index is 13.0. The number of hydrogen-bond acceptors (Lipinski definition) is 4. The molecule has 20 heavy (non-hydrogen) atoms. The summed E-state index contributed by atoms with van der Waals surface area (Å²) in [6.45, 7) is 0.344. The van der Waals surface area contributed by atoms with Crippen LogP contribution in [0.1, 0.15) is 38.5 Å². The molecule has 0 aromatic rings. The highest BCUT2D eigenvalue weighted by Crippen LogP contribution is 2.48. The zero-order valence-corrected chi connectivity index (χ0v) is 12.4. The number of thioether (sulfide) groups is 1. The van der Waals surface area contributed by atoms with Crippen molar-refractivity contribution in [3.63, 3.8) is 0 Å². The van der Waals surface area contributed by atoms with Crippen molar-refractivity contribution in [1.82, 2.24) is 4.90 Å². The number of amides is 1. The van der Waals surface area contributed by atoms with Gasteiger partial charge in [0.25, 0.3) is 0 Å². The number of rotatable bonds is 4. The van der Waals surface area contributed by atoms with Gasteiger partial charge < -0.3 is 15.7 Å². The molecule has 1 aliphatic heterocycles. The number of hydrogen-bond donors (Lipinski definition) is 2. The van der Waals surface area contributed by atoms with E-state index in [-0.39, 0.29) is 11.3 Å². The Balaban J connectivity index is 1.86. The van der Waals surface area contributed by atoms with Crippen molar-refractivity contribution in [2.24, 2.45) is 17.1 Å². The van der Waals surface area contributed by atoms with E-state index in [4.69, 9.17) is 5.73 Å². The summed E-state index contributed by atoms with van der Waals surface area (Å²) < 4.78 is 0. The van der Waals surface area contributed by atoms with Gasteiger partial charge in [-0.1, -0.05) is 12.8 Å². The van der Waals surface area contributed by atoms with Crippen molar-refractivity contribution in [3.8, 4) is 0 Å². The van der Waals surface area contributed by atoms with Crippen LogP contribution in [0.3, 0.4) is 0 Å². The lowest BCUT2D eigenvalue weighted by molar-refractivity contribution is -0.154. The molecular weight excluding hydrogens is 276 g/mol. The molecule has 1 saturated heterocycles. The number of carbonyl (C=O) groups is 2. The van der Waals surface area contributed by atoms with Gasteiger partial charge >= 0.3 is 5.97 Å². The van der Waals surface area contributed by atoms with E-state index < -0.39 is 17.4 Å². The van der Waals surface area contributed by atoms with Crippen LogP contribution >= 0.6 is 11.8 Å². The summed E-state index contributed by atoms with van der Waals surface area (Å²) >= 11 is 1.64. The SMILES string of the molecule is NCC1(C(=O)N2C(C(=O)O)CSC2C2CC2)CCCC1. The van der Waals surface area contributed by atoms with Crippen molar-refractivity contribution in [2.45, 2.75) is 49.9 Å². The van der Waals surface area contributed by atoms with Crippen LogP contribution in [0.4, 0.5) is 0 Å². The number of carboxylic acids is 1. The molecule has 2 atom stereocenters. The summed E-state index contributed by atoms with van der Waals surface area (Å²) in [4.78, 5) is 26.2. The Morgan fingerprint density at radius 1 is 1.30 bits per heavy atom. The van der Waals surface area contributed by atoms with E-state index >= 15 is 0 Å². The fraction of sp³-hybridized carbons (Fsp3) is 0.857. The average Bonchev–Trinajstić information content (AvgIpc) is 3.02. The summed E-state index contributed by atoms with van der Waals surface area (Å²) in [7, 11) is 0. The topological polar surface area (TPSA) is 83.6 Å². The number of nitrogens with zero attached hydrogens (tertiary/aromatic N) is 1. The van der Waals surface area contributed by atoms with Gasteiger partial charge in [-0.25, -0.2) is 4.79 Å². The zero-order chi connectivity index (χ0) is 14.3. The maximum Gasteiger partial charge on any atom is 0.327 e. The van der Waals surface area contributed by atoms with Gasteiger partial charge in [0.05, 0.1) is 10.8 Å². The number of carboxylic acid groups (broad SMARTS) is 1. The molecule has 5 nitrogen and oxygen atoms in total. The number of nitrogens with two attached hydrogens (primary N) is 1. The highest BCUT2D eigenvalue weighted by molar-refractivity contribution is 8.00. The summed E-state index contributed by atoms with van der Waals surface area (Å²) in [6, 6.07) is -0.665. The molecular formula is C14H22N2O3S. The van der Waals surface area contributed by atoms with Crippen molar-refractivity contribution < 1.29 is 14.7 Å². The number of carbonyl (C=O) groups excluding carboxylic acids is 1. The molecule has 3 N–H and O–H groups in total. The average molecular weight is 298 g/mol. The normalized spacial score (nSPS) is 32.5. The van der Waals surface area contributed by atoms with Crippen molar-refractivity contribution >= 4 is 23.6 Å². The third-order valence-electron chi connectivity index (χ3n) is 4.98. The molecule has 2 saturated carbocycles. The van der Waals surface area contributed by atoms with E-state index in [2.05, 4.69) is 0 Å². The summed E-state index contributed by atoms with van der Waals surface area (Å²) in [5.41, 5.74) is 5.40. The molecule has 1 amide bonds. The van der Waals surface area contributed by atoms with E-state index in [1.165, 1.54) is 0 Å². The molecule has 0 aromatic carbocycles. The minimum Gasteiger partial charge on any atom is -0.480 e. The van der Waals surface area contributed by atoms with Crippen molar-refractivity contribution in [3.05, 3.63) is 0 Å². The molecule has 3 fully saturated rings. The molecule has 0 bridgehead atoms. The first-order chi connectivity index (χ1) is 9.59. The van der Waals surface area contributed by atoms with E-state index in [0.29, 0.717) is 18.2 Å². The highest BCUT2D eigenvalue weighted by atomic mass is 32.2. The summed E-state index contributed by atoms with van der Waals surface area (Å²) in [5.74, 6) is 0.138. The van der Waals surface area contributed by atoms with Crippen LogP contribution < -0.4 is 5.73 Å². The first-order valence-electron chi connectivity index (χ1n) is 7.46. The van der Waals surface area contributed by atoms with Gasteiger partial charge in [-0.15, -0.1) is 11.8 Å². The number of aliphatic carboxylic acids is 1. The minimum atomic E-state index is -0.876. The Bertz CT molecular complexity index is 419. The van der Waals surface area contributed by atoms with Gasteiger partial charge in [-0.2, -0.15) is 0 Å². The Kier molecular flexibility index (Phi) is 3.71.